The number of imide groups is 1. The molecule has 0 aliphatic carbocycles. The van der Waals surface area contributed by atoms with Gasteiger partial charge >= 0.3 is 0 Å². The third-order valence-electron chi connectivity index (χ3n) is 2.62. The molecule has 0 atom stereocenters. The predicted octanol–water partition coefficient (Wildman–Crippen LogP) is 1.87. The third kappa shape index (κ3) is 3.90. The Morgan fingerprint density at radius 2 is 1.86 bits per heavy atom. The molecule has 1 aliphatic heterocycles. The fraction of sp³-hybridized carbons (Fsp3) is 0.818. The SMILES string of the molecule is CC(C)CCCC1CC(=O)NC(=O)C1. The van der Waals surface area contributed by atoms with Gasteiger partial charge in [-0.2, -0.15) is 0 Å². The molecule has 0 spiro atoms. The Balaban J connectivity index is 2.23. The molecule has 0 radical (unpaired) electrons. The van der Waals surface area contributed by atoms with E-state index in [-0.39, 0.29) is 17.7 Å². The average molecular weight is 197 g/mol. The molecule has 3 nitrogen and oxygen atoms in total. The molecule has 1 saturated heterocycles. The number of nitrogens with one attached hydrogen (secondary N) is 1. The molecule has 80 valence electrons. The quantitative estimate of drug-likeness (QED) is 0.699. The summed E-state index contributed by atoms with van der Waals surface area (Å²) in [5, 5.41) is 2.33. The van der Waals surface area contributed by atoms with Gasteiger partial charge in [0.05, 0.1) is 0 Å². The Morgan fingerprint density at radius 1 is 1.29 bits per heavy atom. The summed E-state index contributed by atoms with van der Waals surface area (Å²) in [5.74, 6) is 0.796. The highest BCUT2D eigenvalue weighted by atomic mass is 16.2. The molecule has 14 heavy (non-hydrogen) atoms. The van der Waals surface area contributed by atoms with Crippen LogP contribution in [0.1, 0.15) is 46.0 Å². The second-order valence-electron chi connectivity index (χ2n) is 4.57. The molecule has 0 unspecified atom stereocenters. The molecule has 1 aliphatic rings. The van der Waals surface area contributed by atoms with Crippen LogP contribution in [-0.2, 0) is 9.59 Å². The van der Waals surface area contributed by atoms with Crippen molar-refractivity contribution in [1.29, 1.82) is 0 Å². The lowest BCUT2D eigenvalue weighted by atomic mass is 9.90. The van der Waals surface area contributed by atoms with Crippen molar-refractivity contribution in [2.24, 2.45) is 11.8 Å². The normalized spacial score (nSPS) is 18.8. The number of rotatable bonds is 4. The molecule has 1 fully saturated rings. The van der Waals surface area contributed by atoms with E-state index >= 15 is 0 Å². The molecule has 0 aromatic rings. The number of carbonyl (C=O) groups excluding carboxylic acids is 2. The average Bonchev–Trinajstić information content (AvgIpc) is 2.01. The molecular weight excluding hydrogens is 178 g/mol. The van der Waals surface area contributed by atoms with E-state index in [1.807, 2.05) is 0 Å². The first-order chi connectivity index (χ1) is 6.58. The van der Waals surface area contributed by atoms with Gasteiger partial charge in [0.15, 0.2) is 0 Å². The molecule has 0 bridgehead atoms. The van der Waals surface area contributed by atoms with Crippen LogP contribution in [0.5, 0.6) is 0 Å². The van der Waals surface area contributed by atoms with E-state index in [4.69, 9.17) is 0 Å². The van der Waals surface area contributed by atoms with Gasteiger partial charge in [0.25, 0.3) is 0 Å². The van der Waals surface area contributed by atoms with Crippen LogP contribution in [0.2, 0.25) is 0 Å². The van der Waals surface area contributed by atoms with E-state index in [1.165, 1.54) is 6.42 Å². The monoisotopic (exact) mass is 197 g/mol. The van der Waals surface area contributed by atoms with Crippen molar-refractivity contribution < 1.29 is 9.59 Å². The van der Waals surface area contributed by atoms with Gasteiger partial charge < -0.3 is 0 Å². The van der Waals surface area contributed by atoms with Gasteiger partial charge in [-0.05, 0) is 18.3 Å². The Kier molecular flexibility index (Phi) is 4.11. The van der Waals surface area contributed by atoms with Crippen molar-refractivity contribution in [3.05, 3.63) is 0 Å². The van der Waals surface area contributed by atoms with E-state index in [0.29, 0.717) is 18.8 Å². The van der Waals surface area contributed by atoms with E-state index in [0.717, 1.165) is 12.8 Å². The van der Waals surface area contributed by atoms with Gasteiger partial charge in [0, 0.05) is 12.8 Å². The number of piperidine rings is 1. The van der Waals surface area contributed by atoms with Gasteiger partial charge in [-0.15, -0.1) is 0 Å². The van der Waals surface area contributed by atoms with Crippen LogP contribution in [0.3, 0.4) is 0 Å². The zero-order chi connectivity index (χ0) is 10.6. The van der Waals surface area contributed by atoms with Crippen LogP contribution < -0.4 is 5.32 Å². The molecule has 1 rings (SSSR count). The smallest absolute Gasteiger partial charge is 0.226 e. The summed E-state index contributed by atoms with van der Waals surface area (Å²) in [6.07, 6.45) is 4.39. The summed E-state index contributed by atoms with van der Waals surface area (Å²) >= 11 is 0. The van der Waals surface area contributed by atoms with Crippen molar-refractivity contribution in [1.82, 2.24) is 5.32 Å². The molecule has 2 amide bonds. The van der Waals surface area contributed by atoms with Crippen molar-refractivity contribution in [2.45, 2.75) is 46.0 Å². The third-order valence-corrected chi connectivity index (χ3v) is 2.62. The minimum Gasteiger partial charge on any atom is -0.296 e. The molecule has 0 aromatic carbocycles. The molecule has 1 N–H and O–H groups in total. The fourth-order valence-electron chi connectivity index (χ4n) is 1.87. The van der Waals surface area contributed by atoms with E-state index in [2.05, 4.69) is 19.2 Å². The summed E-state index contributed by atoms with van der Waals surface area (Å²) in [4.78, 5) is 22.1. The number of hydrogen-bond donors (Lipinski definition) is 1. The van der Waals surface area contributed by atoms with Gasteiger partial charge in [0.2, 0.25) is 11.8 Å². The number of hydrogen-bond acceptors (Lipinski definition) is 2. The lowest BCUT2D eigenvalue weighted by Gasteiger charge is -2.20. The maximum atomic E-state index is 11.0. The first kappa shape index (κ1) is 11.2. The summed E-state index contributed by atoms with van der Waals surface area (Å²) in [6.45, 7) is 4.39. The van der Waals surface area contributed by atoms with Gasteiger partial charge in [0.1, 0.15) is 0 Å². The maximum absolute atomic E-state index is 11.0. The van der Waals surface area contributed by atoms with Crippen molar-refractivity contribution >= 4 is 11.8 Å². The minimum atomic E-state index is -0.101. The van der Waals surface area contributed by atoms with E-state index in [1.54, 1.807) is 0 Å². The van der Waals surface area contributed by atoms with Crippen molar-refractivity contribution in [3.8, 4) is 0 Å². The predicted molar refractivity (Wildman–Crippen MR) is 54.6 cm³/mol. The molecule has 1 heterocycles. The maximum Gasteiger partial charge on any atom is 0.226 e. The lowest BCUT2D eigenvalue weighted by molar-refractivity contribution is -0.134. The van der Waals surface area contributed by atoms with Gasteiger partial charge in [-0.25, -0.2) is 0 Å². The first-order valence-corrected chi connectivity index (χ1v) is 5.40. The van der Waals surface area contributed by atoms with Crippen LogP contribution in [0.15, 0.2) is 0 Å². The van der Waals surface area contributed by atoms with Crippen LogP contribution in [-0.4, -0.2) is 11.8 Å². The standard InChI is InChI=1S/C11H19NO2/c1-8(2)4-3-5-9-6-10(13)12-11(14)7-9/h8-9H,3-7H2,1-2H3,(H,12,13,14). The highest BCUT2D eigenvalue weighted by molar-refractivity contribution is 5.97. The summed E-state index contributed by atoms with van der Waals surface area (Å²) < 4.78 is 0. The van der Waals surface area contributed by atoms with Crippen molar-refractivity contribution in [3.63, 3.8) is 0 Å². The van der Waals surface area contributed by atoms with Gasteiger partial charge in [-0.3, -0.25) is 14.9 Å². The zero-order valence-corrected chi connectivity index (χ0v) is 9.01. The molecule has 0 saturated carbocycles. The Bertz CT molecular complexity index is 207. The largest absolute Gasteiger partial charge is 0.296 e. The van der Waals surface area contributed by atoms with Crippen LogP contribution in [0.4, 0.5) is 0 Å². The Morgan fingerprint density at radius 3 is 2.36 bits per heavy atom. The summed E-state index contributed by atoms with van der Waals surface area (Å²) in [6, 6.07) is 0. The number of amides is 2. The summed E-state index contributed by atoms with van der Waals surface area (Å²) in [5.41, 5.74) is 0. The minimum absolute atomic E-state index is 0.101. The highest BCUT2D eigenvalue weighted by Gasteiger charge is 2.24. The second kappa shape index (κ2) is 5.13. The van der Waals surface area contributed by atoms with Crippen LogP contribution in [0, 0.1) is 11.8 Å². The summed E-state index contributed by atoms with van der Waals surface area (Å²) in [7, 11) is 0. The van der Waals surface area contributed by atoms with Gasteiger partial charge in [-0.1, -0.05) is 26.7 Å². The molecule has 0 aromatic heterocycles. The van der Waals surface area contributed by atoms with E-state index in [9.17, 15) is 9.59 Å². The zero-order valence-electron chi connectivity index (χ0n) is 9.01. The molecule has 3 heteroatoms. The topological polar surface area (TPSA) is 46.2 Å². The Hall–Kier alpha value is -0.860. The second-order valence-corrected chi connectivity index (χ2v) is 4.57. The first-order valence-electron chi connectivity index (χ1n) is 5.40. The van der Waals surface area contributed by atoms with Crippen molar-refractivity contribution in [2.75, 3.05) is 0 Å². The van der Waals surface area contributed by atoms with Crippen LogP contribution in [0.25, 0.3) is 0 Å². The lowest BCUT2D eigenvalue weighted by Crippen LogP contribution is -2.38. The molecular formula is C11H19NO2. The number of carbonyl (C=O) groups is 2. The van der Waals surface area contributed by atoms with Crippen LogP contribution >= 0.6 is 0 Å². The Labute approximate surface area is 85.3 Å². The van der Waals surface area contributed by atoms with E-state index < -0.39 is 0 Å². The fourth-order valence-corrected chi connectivity index (χ4v) is 1.87. The highest BCUT2D eigenvalue weighted by Crippen LogP contribution is 2.21.